The highest BCUT2D eigenvalue weighted by atomic mass is 32.2. The van der Waals surface area contributed by atoms with Crippen LogP contribution < -0.4 is 0 Å². The molecule has 1 aromatic rings. The van der Waals surface area contributed by atoms with Crippen LogP contribution in [0.2, 0.25) is 0 Å². The third kappa shape index (κ3) is 2.70. The molecule has 1 aliphatic heterocycles. The van der Waals surface area contributed by atoms with E-state index in [0.29, 0.717) is 0 Å². The van der Waals surface area contributed by atoms with Crippen molar-refractivity contribution >= 4 is 17.6 Å². The lowest BCUT2D eigenvalue weighted by molar-refractivity contribution is -0.384. The van der Waals surface area contributed by atoms with E-state index in [9.17, 15) is 10.1 Å². The Bertz CT molecular complexity index is 347. The van der Waals surface area contributed by atoms with Crippen LogP contribution in [0.3, 0.4) is 0 Å². The molecule has 0 aromatic heterocycles. The van der Waals surface area contributed by atoms with Crippen molar-refractivity contribution in [2.75, 3.05) is 13.1 Å². The molecule has 0 spiro atoms. The summed E-state index contributed by atoms with van der Waals surface area (Å²) in [5.41, 5.74) is 0.153. The zero-order valence-corrected chi connectivity index (χ0v) is 9.07. The van der Waals surface area contributed by atoms with Gasteiger partial charge in [-0.15, -0.1) is 0 Å². The standard InChI is InChI=1S/C10H12N2O2S/c13-12(14)9-3-5-10(6-4-9)15-11-7-1-2-8-11/h3-6H,1-2,7-8H2. The minimum Gasteiger partial charge on any atom is -0.258 e. The monoisotopic (exact) mass is 224 g/mol. The molecule has 0 amide bonds. The number of hydrogen-bond donors (Lipinski definition) is 0. The van der Waals surface area contributed by atoms with Gasteiger partial charge in [0.05, 0.1) is 4.92 Å². The van der Waals surface area contributed by atoms with Gasteiger partial charge in [-0.25, -0.2) is 4.31 Å². The van der Waals surface area contributed by atoms with Gasteiger partial charge in [0.2, 0.25) is 0 Å². The number of benzene rings is 1. The molecule has 4 nitrogen and oxygen atoms in total. The summed E-state index contributed by atoms with van der Waals surface area (Å²) >= 11 is 1.68. The van der Waals surface area contributed by atoms with Crippen LogP contribution in [0.15, 0.2) is 29.2 Å². The summed E-state index contributed by atoms with van der Waals surface area (Å²) in [7, 11) is 0. The maximum atomic E-state index is 10.4. The summed E-state index contributed by atoms with van der Waals surface area (Å²) in [5, 5.41) is 10.4. The van der Waals surface area contributed by atoms with Crippen LogP contribution in [-0.2, 0) is 0 Å². The molecule has 0 saturated carbocycles. The molecule has 15 heavy (non-hydrogen) atoms. The normalized spacial score (nSPS) is 16.8. The summed E-state index contributed by atoms with van der Waals surface area (Å²) in [4.78, 5) is 11.1. The third-order valence-corrected chi connectivity index (χ3v) is 3.45. The molecule has 5 heteroatoms. The second kappa shape index (κ2) is 4.63. The van der Waals surface area contributed by atoms with Crippen LogP contribution in [0, 0.1) is 10.1 Å². The van der Waals surface area contributed by atoms with Crippen molar-refractivity contribution in [2.45, 2.75) is 17.7 Å². The fourth-order valence-electron chi connectivity index (χ4n) is 1.56. The van der Waals surface area contributed by atoms with E-state index in [1.807, 2.05) is 0 Å². The lowest BCUT2D eigenvalue weighted by Gasteiger charge is -2.12. The Morgan fingerprint density at radius 2 is 1.80 bits per heavy atom. The Hall–Kier alpha value is -1.07. The first-order valence-corrected chi connectivity index (χ1v) is 5.70. The Morgan fingerprint density at radius 1 is 1.20 bits per heavy atom. The predicted molar refractivity (Wildman–Crippen MR) is 59.8 cm³/mol. The number of nitro groups is 1. The molecule has 0 unspecified atom stereocenters. The first-order valence-electron chi connectivity index (χ1n) is 4.93. The maximum Gasteiger partial charge on any atom is 0.269 e. The van der Waals surface area contributed by atoms with Gasteiger partial charge in [0.1, 0.15) is 0 Å². The van der Waals surface area contributed by atoms with E-state index in [-0.39, 0.29) is 10.6 Å². The average Bonchev–Trinajstić information content (AvgIpc) is 2.71. The van der Waals surface area contributed by atoms with Gasteiger partial charge in [-0.1, -0.05) is 0 Å². The highest BCUT2D eigenvalue weighted by molar-refractivity contribution is 7.97. The molecule has 0 N–H and O–H groups in total. The number of rotatable bonds is 3. The van der Waals surface area contributed by atoms with Gasteiger partial charge in [0.15, 0.2) is 0 Å². The van der Waals surface area contributed by atoms with Crippen LogP contribution in [0.4, 0.5) is 5.69 Å². The van der Waals surface area contributed by atoms with E-state index in [0.717, 1.165) is 18.0 Å². The largest absolute Gasteiger partial charge is 0.269 e. The van der Waals surface area contributed by atoms with Crippen LogP contribution in [0.25, 0.3) is 0 Å². The minimum atomic E-state index is -0.371. The fourth-order valence-corrected chi connectivity index (χ4v) is 2.55. The van der Waals surface area contributed by atoms with Crippen molar-refractivity contribution < 1.29 is 4.92 Å². The molecular weight excluding hydrogens is 212 g/mol. The van der Waals surface area contributed by atoms with Crippen molar-refractivity contribution in [1.82, 2.24) is 4.31 Å². The van der Waals surface area contributed by atoms with Crippen molar-refractivity contribution in [3.05, 3.63) is 34.4 Å². The molecule has 0 aliphatic carbocycles. The average molecular weight is 224 g/mol. The smallest absolute Gasteiger partial charge is 0.258 e. The molecule has 0 atom stereocenters. The topological polar surface area (TPSA) is 46.4 Å². The van der Waals surface area contributed by atoms with Crippen LogP contribution >= 0.6 is 11.9 Å². The van der Waals surface area contributed by atoms with Crippen molar-refractivity contribution in [2.24, 2.45) is 0 Å². The molecule has 1 heterocycles. The molecule has 1 fully saturated rings. The number of hydrogen-bond acceptors (Lipinski definition) is 4. The SMILES string of the molecule is O=[N+]([O-])c1ccc(SN2CCCC2)cc1. The lowest BCUT2D eigenvalue weighted by atomic mass is 10.3. The maximum absolute atomic E-state index is 10.4. The van der Waals surface area contributed by atoms with E-state index < -0.39 is 0 Å². The van der Waals surface area contributed by atoms with Gasteiger partial charge in [0.25, 0.3) is 5.69 Å². The number of nitro benzene ring substituents is 1. The zero-order valence-electron chi connectivity index (χ0n) is 8.26. The van der Waals surface area contributed by atoms with Gasteiger partial charge >= 0.3 is 0 Å². The van der Waals surface area contributed by atoms with Crippen molar-refractivity contribution in [1.29, 1.82) is 0 Å². The Kier molecular flexibility index (Phi) is 3.23. The summed E-state index contributed by atoms with van der Waals surface area (Å²) < 4.78 is 2.29. The lowest BCUT2D eigenvalue weighted by Crippen LogP contribution is -2.08. The predicted octanol–water partition coefficient (Wildman–Crippen LogP) is 2.70. The van der Waals surface area contributed by atoms with Gasteiger partial charge in [-0.3, -0.25) is 10.1 Å². The Balaban J connectivity index is 2.00. The minimum absolute atomic E-state index is 0.153. The molecule has 0 radical (unpaired) electrons. The molecule has 0 bridgehead atoms. The quantitative estimate of drug-likeness (QED) is 0.450. The van der Waals surface area contributed by atoms with E-state index in [1.165, 1.54) is 12.8 Å². The van der Waals surface area contributed by atoms with E-state index in [1.54, 1.807) is 36.2 Å². The van der Waals surface area contributed by atoms with Gasteiger partial charge in [-0.2, -0.15) is 0 Å². The van der Waals surface area contributed by atoms with Crippen LogP contribution in [0.1, 0.15) is 12.8 Å². The second-order valence-corrected chi connectivity index (χ2v) is 4.65. The highest BCUT2D eigenvalue weighted by Gasteiger charge is 2.13. The Labute approximate surface area is 92.6 Å². The van der Waals surface area contributed by atoms with Gasteiger partial charge in [-0.05, 0) is 36.9 Å². The first-order chi connectivity index (χ1) is 7.25. The highest BCUT2D eigenvalue weighted by Crippen LogP contribution is 2.27. The summed E-state index contributed by atoms with van der Waals surface area (Å²) in [5.74, 6) is 0. The number of nitrogens with zero attached hydrogens (tertiary/aromatic N) is 2. The third-order valence-electron chi connectivity index (χ3n) is 2.35. The first kappa shape index (κ1) is 10.4. The van der Waals surface area contributed by atoms with Crippen molar-refractivity contribution in [3.8, 4) is 0 Å². The zero-order chi connectivity index (χ0) is 10.7. The second-order valence-electron chi connectivity index (χ2n) is 3.48. The van der Waals surface area contributed by atoms with E-state index in [4.69, 9.17) is 0 Å². The molecule has 80 valence electrons. The molecular formula is C10H12N2O2S. The number of non-ortho nitro benzene ring substituents is 1. The van der Waals surface area contributed by atoms with E-state index in [2.05, 4.69) is 4.31 Å². The van der Waals surface area contributed by atoms with Crippen LogP contribution in [-0.4, -0.2) is 22.3 Å². The summed E-state index contributed by atoms with van der Waals surface area (Å²) in [6.07, 6.45) is 2.50. The molecule has 1 aliphatic rings. The van der Waals surface area contributed by atoms with Gasteiger partial charge in [0, 0.05) is 30.1 Å². The van der Waals surface area contributed by atoms with Crippen molar-refractivity contribution in [3.63, 3.8) is 0 Å². The van der Waals surface area contributed by atoms with Crippen LogP contribution in [0.5, 0.6) is 0 Å². The van der Waals surface area contributed by atoms with Gasteiger partial charge < -0.3 is 0 Å². The summed E-state index contributed by atoms with van der Waals surface area (Å²) in [6, 6.07) is 6.72. The van der Waals surface area contributed by atoms with E-state index >= 15 is 0 Å². The molecule has 1 aromatic carbocycles. The molecule has 2 rings (SSSR count). The Morgan fingerprint density at radius 3 is 2.33 bits per heavy atom. The fraction of sp³-hybridized carbons (Fsp3) is 0.400. The summed E-state index contributed by atoms with van der Waals surface area (Å²) in [6.45, 7) is 2.23. The molecule has 1 saturated heterocycles.